The van der Waals surface area contributed by atoms with Gasteiger partial charge < -0.3 is 20.7 Å². The van der Waals surface area contributed by atoms with Gasteiger partial charge in [-0.2, -0.15) is 0 Å². The molecule has 1 aromatic carbocycles. The molecule has 0 bridgehead atoms. The Morgan fingerprint density at radius 1 is 1.31 bits per heavy atom. The summed E-state index contributed by atoms with van der Waals surface area (Å²) in [7, 11) is 1.59. The van der Waals surface area contributed by atoms with Crippen LogP contribution in [-0.2, 0) is 20.9 Å². The number of carbonyl (C=O) groups is 2. The van der Waals surface area contributed by atoms with E-state index in [2.05, 4.69) is 16.0 Å². The molecule has 1 heterocycles. The van der Waals surface area contributed by atoms with Gasteiger partial charge in [0.05, 0.1) is 0 Å². The molecule has 1 fully saturated rings. The largest absolute Gasteiger partial charge is 0.368 e. The number of methoxy groups -OCH3 is 1. The van der Waals surface area contributed by atoms with E-state index < -0.39 is 5.60 Å². The summed E-state index contributed by atoms with van der Waals surface area (Å²) < 4.78 is 5.53. The molecule has 26 heavy (non-hydrogen) atoms. The maximum atomic E-state index is 12.6. The molecule has 1 aliphatic heterocycles. The van der Waals surface area contributed by atoms with Crippen molar-refractivity contribution in [1.82, 2.24) is 10.6 Å². The third-order valence-corrected chi connectivity index (χ3v) is 4.92. The number of hydrogen-bond donors (Lipinski definition) is 3. The lowest BCUT2D eigenvalue weighted by Crippen LogP contribution is -2.53. The van der Waals surface area contributed by atoms with E-state index in [1.807, 2.05) is 38.1 Å². The van der Waals surface area contributed by atoms with Gasteiger partial charge in [0.15, 0.2) is 0 Å². The zero-order valence-corrected chi connectivity index (χ0v) is 16.6. The van der Waals surface area contributed by atoms with Gasteiger partial charge in [-0.15, -0.1) is 12.4 Å². The van der Waals surface area contributed by atoms with E-state index in [1.165, 1.54) is 0 Å². The third kappa shape index (κ3) is 5.69. The first-order valence-electron chi connectivity index (χ1n) is 8.94. The second-order valence-electron chi connectivity index (χ2n) is 6.63. The van der Waals surface area contributed by atoms with Crippen molar-refractivity contribution < 1.29 is 14.3 Å². The number of amides is 2. The molecule has 0 saturated carbocycles. The van der Waals surface area contributed by atoms with Gasteiger partial charge in [-0.25, -0.2) is 0 Å². The molecule has 0 aliphatic carbocycles. The van der Waals surface area contributed by atoms with Crippen molar-refractivity contribution in [2.75, 3.05) is 25.5 Å². The van der Waals surface area contributed by atoms with Gasteiger partial charge in [-0.1, -0.05) is 26.0 Å². The lowest BCUT2D eigenvalue weighted by molar-refractivity contribution is -0.146. The van der Waals surface area contributed by atoms with Gasteiger partial charge in [0.1, 0.15) is 5.60 Å². The zero-order valence-electron chi connectivity index (χ0n) is 15.8. The van der Waals surface area contributed by atoms with E-state index in [0.717, 1.165) is 30.8 Å². The summed E-state index contributed by atoms with van der Waals surface area (Å²) in [6.45, 7) is 5.85. The molecule has 7 heteroatoms. The number of ether oxygens (including phenoxy) is 1. The minimum Gasteiger partial charge on any atom is -0.368 e. The second-order valence-corrected chi connectivity index (χ2v) is 6.63. The van der Waals surface area contributed by atoms with E-state index >= 15 is 0 Å². The normalized spacial score (nSPS) is 16.9. The maximum Gasteiger partial charge on any atom is 0.252 e. The summed E-state index contributed by atoms with van der Waals surface area (Å²) in [5.41, 5.74) is 0.948. The van der Waals surface area contributed by atoms with Crippen LogP contribution in [0.4, 0.5) is 5.69 Å². The fourth-order valence-corrected chi connectivity index (χ4v) is 2.91. The molecule has 1 saturated heterocycles. The fourth-order valence-electron chi connectivity index (χ4n) is 2.91. The summed E-state index contributed by atoms with van der Waals surface area (Å²) in [4.78, 5) is 24.6. The van der Waals surface area contributed by atoms with Crippen LogP contribution >= 0.6 is 12.4 Å². The SMILES string of the molecule is CCC(C)C(=O)Nc1cccc(CNC(=O)C2(OC)CCNCC2)c1.Cl. The Balaban J connectivity index is 0.00000338. The number of rotatable bonds is 7. The highest BCUT2D eigenvalue weighted by atomic mass is 35.5. The molecule has 6 nitrogen and oxygen atoms in total. The number of anilines is 1. The van der Waals surface area contributed by atoms with Gasteiger partial charge >= 0.3 is 0 Å². The lowest BCUT2D eigenvalue weighted by atomic mass is 9.91. The van der Waals surface area contributed by atoms with Crippen molar-refractivity contribution in [1.29, 1.82) is 0 Å². The molecule has 1 aromatic rings. The van der Waals surface area contributed by atoms with E-state index in [-0.39, 0.29) is 30.1 Å². The van der Waals surface area contributed by atoms with Crippen LogP contribution in [0.3, 0.4) is 0 Å². The van der Waals surface area contributed by atoms with Crippen LogP contribution in [0, 0.1) is 5.92 Å². The Labute approximate surface area is 161 Å². The topological polar surface area (TPSA) is 79.5 Å². The van der Waals surface area contributed by atoms with E-state index in [9.17, 15) is 9.59 Å². The van der Waals surface area contributed by atoms with Crippen molar-refractivity contribution in [3.63, 3.8) is 0 Å². The third-order valence-electron chi connectivity index (χ3n) is 4.92. The highest BCUT2D eigenvalue weighted by Gasteiger charge is 2.39. The average molecular weight is 384 g/mol. The number of halogens is 1. The second kappa shape index (κ2) is 10.5. The lowest BCUT2D eigenvalue weighted by Gasteiger charge is -2.34. The fraction of sp³-hybridized carbons (Fsp3) is 0.579. The van der Waals surface area contributed by atoms with Crippen LogP contribution < -0.4 is 16.0 Å². The Morgan fingerprint density at radius 2 is 2.00 bits per heavy atom. The number of nitrogens with one attached hydrogen (secondary N) is 3. The van der Waals surface area contributed by atoms with Gasteiger partial charge in [0.25, 0.3) is 5.91 Å². The summed E-state index contributed by atoms with van der Waals surface area (Å²) in [6, 6.07) is 7.56. The van der Waals surface area contributed by atoms with Gasteiger partial charge in [0, 0.05) is 25.3 Å². The van der Waals surface area contributed by atoms with Gasteiger partial charge in [0.2, 0.25) is 5.91 Å². The average Bonchev–Trinajstić information content (AvgIpc) is 2.66. The minimum absolute atomic E-state index is 0. The first-order valence-corrected chi connectivity index (χ1v) is 8.94. The summed E-state index contributed by atoms with van der Waals surface area (Å²) in [6.07, 6.45) is 2.14. The molecule has 2 rings (SSSR count). The molecule has 146 valence electrons. The molecule has 2 amide bonds. The minimum atomic E-state index is -0.742. The van der Waals surface area contributed by atoms with Crippen molar-refractivity contribution in [2.45, 2.75) is 45.3 Å². The van der Waals surface area contributed by atoms with Crippen LogP contribution in [0.5, 0.6) is 0 Å². The smallest absolute Gasteiger partial charge is 0.252 e. The van der Waals surface area contributed by atoms with Gasteiger partial charge in [-0.3, -0.25) is 9.59 Å². The molecule has 3 N–H and O–H groups in total. The number of carbonyl (C=O) groups excluding carboxylic acids is 2. The summed E-state index contributed by atoms with van der Waals surface area (Å²) in [5.74, 6) is -0.0906. The Bertz CT molecular complexity index is 603. The molecule has 1 aliphatic rings. The van der Waals surface area contributed by atoms with Crippen LogP contribution in [0.2, 0.25) is 0 Å². The Hall–Kier alpha value is -1.63. The number of benzene rings is 1. The van der Waals surface area contributed by atoms with Crippen molar-refractivity contribution in [3.8, 4) is 0 Å². The monoisotopic (exact) mass is 383 g/mol. The van der Waals surface area contributed by atoms with Crippen LogP contribution in [0.25, 0.3) is 0 Å². The van der Waals surface area contributed by atoms with E-state index in [4.69, 9.17) is 4.74 Å². The summed E-state index contributed by atoms with van der Waals surface area (Å²) >= 11 is 0. The predicted octanol–water partition coefficient (Wildman–Crippen LogP) is 2.48. The highest BCUT2D eigenvalue weighted by molar-refractivity contribution is 5.92. The van der Waals surface area contributed by atoms with E-state index in [0.29, 0.717) is 19.4 Å². The van der Waals surface area contributed by atoms with Crippen LogP contribution in [0.15, 0.2) is 24.3 Å². The maximum absolute atomic E-state index is 12.6. The van der Waals surface area contributed by atoms with Crippen LogP contribution in [-0.4, -0.2) is 37.6 Å². The van der Waals surface area contributed by atoms with Gasteiger partial charge in [-0.05, 0) is 50.0 Å². The molecule has 0 radical (unpaired) electrons. The Kier molecular flexibility index (Phi) is 9.05. The van der Waals surface area contributed by atoms with Crippen molar-refractivity contribution >= 4 is 29.9 Å². The summed E-state index contributed by atoms with van der Waals surface area (Å²) in [5, 5.41) is 9.13. The molecule has 1 atom stereocenters. The molecular formula is C19H30ClN3O3. The van der Waals surface area contributed by atoms with Crippen molar-refractivity contribution in [2.24, 2.45) is 5.92 Å². The predicted molar refractivity (Wildman–Crippen MR) is 105 cm³/mol. The number of piperidine rings is 1. The molecule has 1 unspecified atom stereocenters. The first kappa shape index (κ1) is 22.4. The molecule has 0 aromatic heterocycles. The number of hydrogen-bond acceptors (Lipinski definition) is 4. The molecule has 0 spiro atoms. The quantitative estimate of drug-likeness (QED) is 0.675. The standard InChI is InChI=1S/C19H29N3O3.ClH/c1-4-14(2)17(23)22-16-7-5-6-15(12-16)13-21-18(24)19(25-3)8-10-20-11-9-19;/h5-7,12,14,20H,4,8-11,13H2,1-3H3,(H,21,24)(H,22,23);1H. The highest BCUT2D eigenvalue weighted by Crippen LogP contribution is 2.23. The van der Waals surface area contributed by atoms with Crippen LogP contribution in [0.1, 0.15) is 38.7 Å². The molecular weight excluding hydrogens is 354 g/mol. The van der Waals surface area contributed by atoms with Crippen molar-refractivity contribution in [3.05, 3.63) is 29.8 Å². The van der Waals surface area contributed by atoms with E-state index in [1.54, 1.807) is 7.11 Å². The Morgan fingerprint density at radius 3 is 2.62 bits per heavy atom. The zero-order chi connectivity index (χ0) is 18.3. The first-order chi connectivity index (χ1) is 12.0.